The van der Waals surface area contributed by atoms with Gasteiger partial charge in [0.1, 0.15) is 0 Å². The van der Waals surface area contributed by atoms with Gasteiger partial charge in [-0.2, -0.15) is 0 Å². The van der Waals surface area contributed by atoms with E-state index in [9.17, 15) is 0 Å². The van der Waals surface area contributed by atoms with Crippen molar-refractivity contribution in [3.05, 3.63) is 21.9 Å². The lowest BCUT2D eigenvalue weighted by Gasteiger charge is -2.21. The summed E-state index contributed by atoms with van der Waals surface area (Å²) in [5.74, 6) is 0.506. The summed E-state index contributed by atoms with van der Waals surface area (Å²) >= 11 is 1.77. The summed E-state index contributed by atoms with van der Waals surface area (Å²) in [6, 6.07) is 4.34. The summed E-state index contributed by atoms with van der Waals surface area (Å²) < 4.78 is 0. The highest BCUT2D eigenvalue weighted by atomic mass is 32.1. The third kappa shape index (κ3) is 4.23. The highest BCUT2D eigenvalue weighted by Gasteiger charge is 2.12. The molecule has 0 saturated heterocycles. The maximum absolute atomic E-state index is 5.85. The molecule has 0 bridgehead atoms. The lowest BCUT2D eigenvalue weighted by molar-refractivity contribution is 0.507. The van der Waals surface area contributed by atoms with E-state index in [1.54, 1.807) is 11.3 Å². The lowest BCUT2D eigenvalue weighted by Crippen LogP contribution is -2.45. The zero-order valence-corrected chi connectivity index (χ0v) is 11.5. The minimum Gasteiger partial charge on any atom is -0.370 e. The van der Waals surface area contributed by atoms with E-state index in [1.807, 2.05) is 0 Å². The van der Waals surface area contributed by atoms with Crippen LogP contribution in [0.15, 0.2) is 17.1 Å². The Morgan fingerprint density at radius 3 is 2.50 bits per heavy atom. The van der Waals surface area contributed by atoms with Crippen LogP contribution in [0.1, 0.15) is 43.5 Å². The molecule has 0 fully saturated rings. The predicted molar refractivity (Wildman–Crippen MR) is 72.0 cm³/mol. The van der Waals surface area contributed by atoms with Gasteiger partial charge in [-0.05, 0) is 46.8 Å². The summed E-state index contributed by atoms with van der Waals surface area (Å²) in [4.78, 5) is 6.99. The number of nitrogens with one attached hydrogen (secondary N) is 1. The Balaban J connectivity index is 2.69. The van der Waals surface area contributed by atoms with Crippen LogP contribution in [0.3, 0.4) is 0 Å². The molecule has 1 atom stereocenters. The molecule has 0 aliphatic carbocycles. The molecule has 0 spiro atoms. The highest BCUT2D eigenvalue weighted by Crippen LogP contribution is 2.24. The largest absolute Gasteiger partial charge is 0.370 e. The molecule has 0 aromatic carbocycles. The lowest BCUT2D eigenvalue weighted by atomic mass is 10.1. The van der Waals surface area contributed by atoms with Crippen molar-refractivity contribution in [1.82, 2.24) is 5.32 Å². The number of nitrogens with two attached hydrogens (primary N) is 1. The van der Waals surface area contributed by atoms with Crippen LogP contribution < -0.4 is 11.1 Å². The quantitative estimate of drug-likeness (QED) is 0.616. The van der Waals surface area contributed by atoms with Gasteiger partial charge in [-0.25, -0.2) is 4.99 Å². The molecule has 1 rings (SSSR count). The first-order chi connectivity index (χ1) is 7.28. The number of guanidine groups is 1. The molecule has 1 unspecified atom stereocenters. The summed E-state index contributed by atoms with van der Waals surface area (Å²) in [5, 5.41) is 3.16. The monoisotopic (exact) mass is 239 g/mol. The molecule has 0 radical (unpaired) electrons. The van der Waals surface area contributed by atoms with Gasteiger partial charge in [0.05, 0.1) is 6.04 Å². The molecular formula is C12H21N3S. The van der Waals surface area contributed by atoms with Gasteiger partial charge in [0, 0.05) is 15.3 Å². The molecular weight excluding hydrogens is 218 g/mol. The van der Waals surface area contributed by atoms with E-state index in [1.165, 1.54) is 9.75 Å². The minimum absolute atomic E-state index is 0.0430. The second kappa shape index (κ2) is 4.87. The highest BCUT2D eigenvalue weighted by molar-refractivity contribution is 7.12. The molecule has 0 aliphatic heterocycles. The van der Waals surface area contributed by atoms with E-state index in [0.717, 1.165) is 0 Å². The number of hydrogen-bond donors (Lipinski definition) is 2. The Morgan fingerprint density at radius 1 is 1.44 bits per heavy atom. The van der Waals surface area contributed by atoms with Crippen LogP contribution in [-0.4, -0.2) is 11.5 Å². The Labute approximate surface area is 102 Å². The van der Waals surface area contributed by atoms with Gasteiger partial charge in [0.15, 0.2) is 5.96 Å². The van der Waals surface area contributed by atoms with Gasteiger partial charge >= 0.3 is 0 Å². The van der Waals surface area contributed by atoms with Crippen LogP contribution in [-0.2, 0) is 0 Å². The topological polar surface area (TPSA) is 50.4 Å². The first kappa shape index (κ1) is 13.0. The van der Waals surface area contributed by atoms with Crippen LogP contribution in [0, 0.1) is 6.92 Å². The van der Waals surface area contributed by atoms with Crippen LogP contribution in [0.25, 0.3) is 0 Å². The van der Waals surface area contributed by atoms with Gasteiger partial charge < -0.3 is 11.1 Å². The van der Waals surface area contributed by atoms with E-state index < -0.39 is 0 Å². The summed E-state index contributed by atoms with van der Waals surface area (Å²) in [5.41, 5.74) is 5.81. The third-order valence-electron chi connectivity index (χ3n) is 2.01. The predicted octanol–water partition coefficient (Wildman–Crippen LogP) is 2.82. The molecule has 3 N–H and O–H groups in total. The molecule has 1 aromatic heterocycles. The molecule has 3 nitrogen and oxygen atoms in total. The zero-order valence-electron chi connectivity index (χ0n) is 10.7. The Bertz CT molecular complexity index is 374. The van der Waals surface area contributed by atoms with E-state index in [4.69, 9.17) is 5.73 Å². The van der Waals surface area contributed by atoms with Gasteiger partial charge in [-0.15, -0.1) is 11.3 Å². The van der Waals surface area contributed by atoms with Crippen molar-refractivity contribution in [2.45, 2.75) is 46.2 Å². The number of rotatable bonds is 2. The van der Waals surface area contributed by atoms with Crippen molar-refractivity contribution >= 4 is 17.3 Å². The second-order valence-corrected chi connectivity index (χ2v) is 6.33. The standard InChI is InChI=1S/C12H21N3S/c1-8-6-7-10(16-8)9(2)14-11(13)15-12(3,4)5/h6-7,9H,1-5H3,(H3,13,14,15). The third-order valence-corrected chi connectivity index (χ3v) is 3.18. The first-order valence-corrected chi connectivity index (χ1v) is 6.27. The fourth-order valence-corrected chi connectivity index (χ4v) is 2.23. The first-order valence-electron chi connectivity index (χ1n) is 5.46. The smallest absolute Gasteiger partial charge is 0.189 e. The van der Waals surface area contributed by atoms with Crippen molar-refractivity contribution in [2.24, 2.45) is 10.7 Å². The van der Waals surface area contributed by atoms with E-state index in [0.29, 0.717) is 5.96 Å². The Kier molecular flexibility index (Phi) is 3.97. The van der Waals surface area contributed by atoms with Crippen LogP contribution in [0.5, 0.6) is 0 Å². The summed E-state index contributed by atoms with van der Waals surface area (Å²) in [6.07, 6.45) is 0. The SMILES string of the molecule is Cc1ccc(C(C)N=C(N)NC(C)(C)C)s1. The van der Waals surface area contributed by atoms with Crippen molar-refractivity contribution in [2.75, 3.05) is 0 Å². The van der Waals surface area contributed by atoms with Crippen molar-refractivity contribution in [3.8, 4) is 0 Å². The number of nitrogens with zero attached hydrogens (tertiary/aromatic N) is 1. The van der Waals surface area contributed by atoms with Crippen molar-refractivity contribution in [3.63, 3.8) is 0 Å². The molecule has 90 valence electrons. The summed E-state index contributed by atoms with van der Waals surface area (Å²) in [7, 11) is 0. The molecule has 0 amide bonds. The average molecular weight is 239 g/mol. The van der Waals surface area contributed by atoms with Gasteiger partial charge in [0.25, 0.3) is 0 Å². The van der Waals surface area contributed by atoms with E-state index in [2.05, 4.69) is 57.1 Å². The second-order valence-electron chi connectivity index (χ2n) is 5.01. The fourth-order valence-electron chi connectivity index (χ4n) is 1.37. The molecule has 4 heteroatoms. The van der Waals surface area contributed by atoms with Crippen LogP contribution in [0.2, 0.25) is 0 Å². The maximum Gasteiger partial charge on any atom is 0.189 e. The molecule has 1 heterocycles. The normalized spacial score (nSPS) is 14.9. The minimum atomic E-state index is -0.0430. The fraction of sp³-hybridized carbons (Fsp3) is 0.583. The number of thiophene rings is 1. The molecule has 0 aliphatic rings. The van der Waals surface area contributed by atoms with E-state index in [-0.39, 0.29) is 11.6 Å². The Morgan fingerprint density at radius 2 is 2.06 bits per heavy atom. The van der Waals surface area contributed by atoms with Crippen LogP contribution in [0.4, 0.5) is 0 Å². The van der Waals surface area contributed by atoms with Crippen molar-refractivity contribution in [1.29, 1.82) is 0 Å². The number of aryl methyl sites for hydroxylation is 1. The maximum atomic E-state index is 5.85. The van der Waals surface area contributed by atoms with Gasteiger partial charge in [-0.3, -0.25) is 0 Å². The zero-order chi connectivity index (χ0) is 12.3. The Hall–Kier alpha value is -1.03. The number of aliphatic imine (C=N–C) groups is 1. The van der Waals surface area contributed by atoms with Crippen LogP contribution >= 0.6 is 11.3 Å². The molecule has 16 heavy (non-hydrogen) atoms. The van der Waals surface area contributed by atoms with Gasteiger partial charge in [-0.1, -0.05) is 0 Å². The van der Waals surface area contributed by atoms with E-state index >= 15 is 0 Å². The average Bonchev–Trinajstić information content (AvgIpc) is 2.47. The summed E-state index contributed by atoms with van der Waals surface area (Å²) in [6.45, 7) is 10.4. The number of hydrogen-bond acceptors (Lipinski definition) is 2. The molecule has 0 saturated carbocycles. The van der Waals surface area contributed by atoms with Gasteiger partial charge in [0.2, 0.25) is 0 Å². The molecule has 1 aromatic rings. The van der Waals surface area contributed by atoms with Crippen molar-refractivity contribution < 1.29 is 0 Å².